The molecule has 0 aliphatic rings. The molecule has 17 heavy (non-hydrogen) atoms. The molecule has 0 radical (unpaired) electrons. The summed E-state index contributed by atoms with van der Waals surface area (Å²) in [6.07, 6.45) is 2.61. The van der Waals surface area contributed by atoms with Gasteiger partial charge in [-0.2, -0.15) is 9.78 Å². The third-order valence-electron chi connectivity index (χ3n) is 1.13. The van der Waals surface area contributed by atoms with E-state index in [0.29, 0.717) is 0 Å². The lowest BCUT2D eigenvalue weighted by molar-refractivity contribution is 0.0514. The van der Waals surface area contributed by atoms with Crippen molar-refractivity contribution in [3.63, 3.8) is 0 Å². The molecule has 0 saturated carbocycles. The summed E-state index contributed by atoms with van der Waals surface area (Å²) in [5.41, 5.74) is -0.491. The first kappa shape index (κ1) is 16.1. The highest BCUT2D eigenvalue weighted by atomic mass is 79.9. The average molecular weight is 309 g/mol. The fourth-order valence-electron chi connectivity index (χ4n) is 0.709. The first-order valence-corrected chi connectivity index (χ1v) is 5.39. The van der Waals surface area contributed by atoms with Crippen molar-refractivity contribution in [2.75, 3.05) is 0 Å². The summed E-state index contributed by atoms with van der Waals surface area (Å²) in [4.78, 5) is 11.3. The Bertz CT molecular complexity index is 360. The number of carbonyl (C=O) groups is 1. The Morgan fingerprint density at radius 2 is 1.94 bits per heavy atom. The van der Waals surface area contributed by atoms with Crippen molar-refractivity contribution in [2.45, 2.75) is 26.4 Å². The van der Waals surface area contributed by atoms with Crippen LogP contribution in [0.25, 0.3) is 0 Å². The second-order valence-electron chi connectivity index (χ2n) is 3.93. The highest BCUT2D eigenvalue weighted by molar-refractivity contribution is 9.10. The Kier molecular flexibility index (Phi) is 6.39. The largest absolute Gasteiger partial charge is 0.631 e. The number of rotatable bonds is 0. The van der Waals surface area contributed by atoms with E-state index in [1.807, 2.05) is 20.8 Å². The summed E-state index contributed by atoms with van der Waals surface area (Å²) in [5, 5.41) is 25.3. The number of nitrogens with zero attached hydrogens (tertiary/aromatic N) is 2. The minimum absolute atomic E-state index is 0.474. The molecule has 1 aromatic rings. The number of ether oxygens (including phenoxy) is 1. The van der Waals surface area contributed by atoms with Gasteiger partial charge in [0.2, 0.25) is 0 Å². The second-order valence-corrected chi connectivity index (χ2v) is 4.85. The van der Waals surface area contributed by atoms with Gasteiger partial charge in [-0.3, -0.25) is 0 Å². The van der Waals surface area contributed by atoms with Crippen LogP contribution in [0.1, 0.15) is 20.8 Å². The zero-order chi connectivity index (χ0) is 13.6. The first-order valence-electron chi connectivity index (χ1n) is 4.59. The molecule has 0 aliphatic carbocycles. The van der Waals surface area contributed by atoms with E-state index < -0.39 is 19.0 Å². The smallest absolute Gasteiger partial charge is 0.442 e. The van der Waals surface area contributed by atoms with Crippen LogP contribution >= 0.6 is 15.9 Å². The summed E-state index contributed by atoms with van der Waals surface area (Å²) in [6.45, 7) is 5.43. The molecule has 1 rings (SSSR count). The minimum atomic E-state index is -2.17. The van der Waals surface area contributed by atoms with Crippen LogP contribution in [-0.4, -0.2) is 43.9 Å². The van der Waals surface area contributed by atoms with E-state index in [0.717, 1.165) is 9.15 Å². The molecule has 0 bridgehead atoms. The van der Waals surface area contributed by atoms with Crippen molar-refractivity contribution in [1.82, 2.24) is 9.78 Å². The Hall–Kier alpha value is -0.895. The third kappa shape index (κ3) is 8.87. The van der Waals surface area contributed by atoms with E-state index >= 15 is 0 Å². The van der Waals surface area contributed by atoms with Crippen molar-refractivity contribution in [3.8, 4) is 0 Å². The number of hydrogen-bond acceptors (Lipinski definition) is 6. The van der Waals surface area contributed by atoms with Gasteiger partial charge in [-0.05, 0) is 36.7 Å². The number of aromatic nitrogens is 2. The van der Waals surface area contributed by atoms with Gasteiger partial charge in [0.25, 0.3) is 0 Å². The fourth-order valence-corrected chi connectivity index (χ4v) is 0.995. The first-order chi connectivity index (χ1) is 7.61. The van der Waals surface area contributed by atoms with Gasteiger partial charge in [0.05, 0.1) is 16.9 Å². The molecule has 3 N–H and O–H groups in total. The Morgan fingerprint density at radius 3 is 2.24 bits per heavy atom. The van der Waals surface area contributed by atoms with E-state index in [9.17, 15) is 4.79 Å². The van der Waals surface area contributed by atoms with E-state index in [2.05, 4.69) is 21.0 Å². The van der Waals surface area contributed by atoms with E-state index in [-0.39, 0.29) is 0 Å². The molecular weight excluding hydrogens is 295 g/mol. The van der Waals surface area contributed by atoms with Crippen LogP contribution in [0, 0.1) is 0 Å². The molecule has 9 heteroatoms. The summed E-state index contributed by atoms with van der Waals surface area (Å²) in [6, 6.07) is 0. The van der Waals surface area contributed by atoms with Crippen molar-refractivity contribution in [2.24, 2.45) is 0 Å². The van der Waals surface area contributed by atoms with E-state index in [1.165, 1.54) is 6.20 Å². The van der Waals surface area contributed by atoms with Crippen LogP contribution < -0.4 is 0 Å². The van der Waals surface area contributed by atoms with Gasteiger partial charge in [-0.1, -0.05) is 0 Å². The normalized spacial score (nSPS) is 10.3. The van der Waals surface area contributed by atoms with Crippen molar-refractivity contribution >= 4 is 29.3 Å². The second kappa shape index (κ2) is 6.75. The lowest BCUT2D eigenvalue weighted by atomic mass is 10.2. The van der Waals surface area contributed by atoms with Gasteiger partial charge in [-0.15, -0.1) is 0 Å². The van der Waals surface area contributed by atoms with Crippen molar-refractivity contribution in [3.05, 3.63) is 16.9 Å². The lowest BCUT2D eigenvalue weighted by Gasteiger charge is -2.18. The van der Waals surface area contributed by atoms with E-state index in [4.69, 9.17) is 19.8 Å². The van der Waals surface area contributed by atoms with Gasteiger partial charge in [0.15, 0.2) is 0 Å². The van der Waals surface area contributed by atoms with Crippen LogP contribution in [0.15, 0.2) is 16.9 Å². The Morgan fingerprint density at radius 1 is 1.47 bits per heavy atom. The van der Waals surface area contributed by atoms with Crippen LogP contribution in [-0.2, 0) is 4.74 Å². The van der Waals surface area contributed by atoms with Crippen LogP contribution in [0.3, 0.4) is 0 Å². The average Bonchev–Trinajstić information content (AvgIpc) is 2.47. The predicted octanol–water partition coefficient (Wildman–Crippen LogP) is 0.377. The van der Waals surface area contributed by atoms with Gasteiger partial charge >= 0.3 is 13.4 Å². The van der Waals surface area contributed by atoms with E-state index in [1.54, 1.807) is 6.20 Å². The molecule has 7 nitrogen and oxygen atoms in total. The molecule has 0 fully saturated rings. The monoisotopic (exact) mass is 308 g/mol. The summed E-state index contributed by atoms with van der Waals surface area (Å²) in [5.74, 6) is 0. The molecule has 0 unspecified atom stereocenters. The highest BCUT2D eigenvalue weighted by Crippen LogP contribution is 2.11. The zero-order valence-electron chi connectivity index (χ0n) is 9.66. The van der Waals surface area contributed by atoms with Gasteiger partial charge in [0, 0.05) is 0 Å². The molecular formula is C8H14BBrN2O5. The maximum absolute atomic E-state index is 11.3. The zero-order valence-corrected chi connectivity index (χ0v) is 11.2. The molecule has 0 spiro atoms. The maximum Gasteiger partial charge on any atom is 0.631 e. The number of hydrogen-bond donors (Lipinski definition) is 3. The standard InChI is InChI=1S/C8H11BrN2O2.BH3O3/c1-8(2,3)13-7(12)11-5-6(9)4-10-11;2-1(3)4/h4-5H,1-3H3;2-4H. The summed E-state index contributed by atoms with van der Waals surface area (Å²) in [7, 11) is -2.17. The molecule has 1 aromatic heterocycles. The lowest BCUT2D eigenvalue weighted by Crippen LogP contribution is -2.27. The number of halogens is 1. The fraction of sp³-hybridized carbons (Fsp3) is 0.500. The molecule has 96 valence electrons. The van der Waals surface area contributed by atoms with Crippen LogP contribution in [0.2, 0.25) is 0 Å². The van der Waals surface area contributed by atoms with Crippen LogP contribution in [0.4, 0.5) is 4.79 Å². The molecule has 0 aliphatic heterocycles. The predicted molar refractivity (Wildman–Crippen MR) is 64.0 cm³/mol. The quantitative estimate of drug-likeness (QED) is 0.598. The summed E-state index contributed by atoms with van der Waals surface area (Å²) >= 11 is 3.19. The molecule has 1 heterocycles. The molecule has 0 aromatic carbocycles. The summed E-state index contributed by atoms with van der Waals surface area (Å²) < 4.78 is 6.97. The minimum Gasteiger partial charge on any atom is -0.442 e. The molecule has 0 atom stereocenters. The Labute approximate surface area is 107 Å². The Balaban J connectivity index is 0.000000557. The van der Waals surface area contributed by atoms with Crippen molar-refractivity contribution < 1.29 is 24.6 Å². The third-order valence-corrected chi connectivity index (χ3v) is 1.54. The maximum atomic E-state index is 11.3. The molecule has 0 amide bonds. The topological polar surface area (TPSA) is 105 Å². The van der Waals surface area contributed by atoms with Gasteiger partial charge < -0.3 is 19.8 Å². The van der Waals surface area contributed by atoms with Crippen LogP contribution in [0.5, 0.6) is 0 Å². The van der Waals surface area contributed by atoms with Crippen molar-refractivity contribution in [1.29, 1.82) is 0 Å². The molecule has 0 saturated heterocycles. The van der Waals surface area contributed by atoms with Gasteiger partial charge in [0.1, 0.15) is 5.60 Å². The SMILES string of the molecule is CC(C)(C)OC(=O)n1cc(Br)cn1.OB(O)O. The highest BCUT2D eigenvalue weighted by Gasteiger charge is 2.17. The van der Waals surface area contributed by atoms with Gasteiger partial charge in [-0.25, -0.2) is 4.79 Å². The number of carbonyl (C=O) groups excluding carboxylic acids is 1.